The molecule has 0 aliphatic heterocycles. The van der Waals surface area contributed by atoms with Gasteiger partial charge in [0.2, 0.25) is 0 Å². The Labute approximate surface area is 134 Å². The Morgan fingerprint density at radius 3 is 2.50 bits per heavy atom. The van der Waals surface area contributed by atoms with E-state index in [0.29, 0.717) is 4.83 Å². The van der Waals surface area contributed by atoms with E-state index in [0.717, 1.165) is 30.0 Å². The van der Waals surface area contributed by atoms with Crippen LogP contribution in [-0.2, 0) is 12.8 Å². The Morgan fingerprint density at radius 1 is 1.10 bits per heavy atom. The first kappa shape index (κ1) is 15.4. The van der Waals surface area contributed by atoms with Gasteiger partial charge in [0.1, 0.15) is 5.75 Å². The molecule has 106 valence electrons. The van der Waals surface area contributed by atoms with Gasteiger partial charge in [-0.3, -0.25) is 0 Å². The fourth-order valence-electron chi connectivity index (χ4n) is 2.14. The van der Waals surface area contributed by atoms with Crippen molar-refractivity contribution in [3.63, 3.8) is 0 Å². The van der Waals surface area contributed by atoms with Gasteiger partial charge in [-0.05, 0) is 54.7 Å². The SMILES string of the molecule is COc1ccc(CCC(Br)Cc2cccc(Cl)c2)cc1. The van der Waals surface area contributed by atoms with Crippen LogP contribution in [0.1, 0.15) is 17.5 Å². The topological polar surface area (TPSA) is 9.23 Å². The number of methoxy groups -OCH3 is 1. The molecule has 0 aliphatic carbocycles. The van der Waals surface area contributed by atoms with Gasteiger partial charge in [0.05, 0.1) is 7.11 Å². The summed E-state index contributed by atoms with van der Waals surface area (Å²) in [6.07, 6.45) is 3.15. The van der Waals surface area contributed by atoms with E-state index in [4.69, 9.17) is 16.3 Å². The summed E-state index contributed by atoms with van der Waals surface area (Å²) in [6.45, 7) is 0. The highest BCUT2D eigenvalue weighted by Crippen LogP contribution is 2.19. The smallest absolute Gasteiger partial charge is 0.118 e. The summed E-state index contributed by atoms with van der Waals surface area (Å²) in [4.78, 5) is 0.461. The lowest BCUT2D eigenvalue weighted by Gasteiger charge is -2.10. The van der Waals surface area contributed by atoms with E-state index >= 15 is 0 Å². The molecule has 1 atom stereocenters. The second-order valence-electron chi connectivity index (χ2n) is 4.82. The molecule has 1 unspecified atom stereocenters. The fourth-order valence-corrected chi connectivity index (χ4v) is 2.95. The Morgan fingerprint density at radius 2 is 1.85 bits per heavy atom. The zero-order chi connectivity index (χ0) is 14.4. The number of hydrogen-bond donors (Lipinski definition) is 0. The molecule has 2 aromatic rings. The highest BCUT2D eigenvalue weighted by atomic mass is 79.9. The van der Waals surface area contributed by atoms with Gasteiger partial charge in [0.15, 0.2) is 0 Å². The van der Waals surface area contributed by atoms with Crippen molar-refractivity contribution in [3.8, 4) is 5.75 Å². The van der Waals surface area contributed by atoms with Crippen LogP contribution in [0.5, 0.6) is 5.75 Å². The van der Waals surface area contributed by atoms with E-state index in [-0.39, 0.29) is 0 Å². The summed E-state index contributed by atoms with van der Waals surface area (Å²) < 4.78 is 5.16. The molecule has 0 radical (unpaired) electrons. The molecule has 0 aromatic heterocycles. The van der Waals surface area contributed by atoms with Crippen molar-refractivity contribution >= 4 is 27.5 Å². The first-order valence-corrected chi connectivity index (χ1v) is 7.98. The maximum absolute atomic E-state index is 6.00. The van der Waals surface area contributed by atoms with E-state index in [9.17, 15) is 0 Å². The van der Waals surface area contributed by atoms with Crippen LogP contribution in [-0.4, -0.2) is 11.9 Å². The third kappa shape index (κ3) is 4.84. The molecule has 0 fully saturated rings. The van der Waals surface area contributed by atoms with Crippen LogP contribution in [0.25, 0.3) is 0 Å². The van der Waals surface area contributed by atoms with Gasteiger partial charge in [0.25, 0.3) is 0 Å². The normalized spacial score (nSPS) is 12.2. The van der Waals surface area contributed by atoms with Crippen molar-refractivity contribution in [2.75, 3.05) is 7.11 Å². The van der Waals surface area contributed by atoms with E-state index in [1.54, 1.807) is 7.11 Å². The molecule has 2 rings (SSSR count). The number of ether oxygens (including phenoxy) is 1. The molecule has 3 heteroatoms. The summed E-state index contributed by atoms with van der Waals surface area (Å²) in [5.74, 6) is 0.906. The van der Waals surface area contributed by atoms with Crippen molar-refractivity contribution in [2.45, 2.75) is 24.1 Å². The Kier molecular flexibility index (Phi) is 5.93. The first-order valence-electron chi connectivity index (χ1n) is 6.69. The maximum atomic E-state index is 6.00. The quantitative estimate of drug-likeness (QED) is 0.641. The van der Waals surface area contributed by atoms with Gasteiger partial charge in [-0.2, -0.15) is 0 Å². The van der Waals surface area contributed by atoms with Crippen LogP contribution in [0.2, 0.25) is 5.02 Å². The molecule has 0 heterocycles. The molecule has 0 bridgehead atoms. The lowest BCUT2D eigenvalue weighted by atomic mass is 10.0. The summed E-state index contributed by atoms with van der Waals surface area (Å²) in [5, 5.41) is 0.803. The van der Waals surface area contributed by atoms with E-state index in [2.05, 4.69) is 34.1 Å². The van der Waals surface area contributed by atoms with Gasteiger partial charge in [0, 0.05) is 9.85 Å². The second-order valence-corrected chi connectivity index (χ2v) is 6.55. The van der Waals surface area contributed by atoms with Crippen LogP contribution in [0, 0.1) is 0 Å². The number of alkyl halides is 1. The van der Waals surface area contributed by atoms with Gasteiger partial charge in [-0.1, -0.05) is 51.8 Å². The van der Waals surface area contributed by atoms with Gasteiger partial charge in [-0.25, -0.2) is 0 Å². The van der Waals surface area contributed by atoms with Crippen molar-refractivity contribution in [3.05, 3.63) is 64.7 Å². The molecule has 0 saturated heterocycles. The summed E-state index contributed by atoms with van der Waals surface area (Å²) in [6, 6.07) is 16.3. The van der Waals surface area contributed by atoms with Gasteiger partial charge >= 0.3 is 0 Å². The minimum absolute atomic E-state index is 0.461. The molecule has 0 saturated carbocycles. The Hall–Kier alpha value is -0.990. The molecule has 0 N–H and O–H groups in total. The Balaban J connectivity index is 1.83. The average molecular weight is 354 g/mol. The zero-order valence-corrected chi connectivity index (χ0v) is 13.8. The van der Waals surface area contributed by atoms with Gasteiger partial charge in [-0.15, -0.1) is 0 Å². The molecule has 0 spiro atoms. The van der Waals surface area contributed by atoms with Crippen LogP contribution in [0.15, 0.2) is 48.5 Å². The average Bonchev–Trinajstić information content (AvgIpc) is 2.46. The number of halogens is 2. The predicted octanol–water partition coefficient (Wildman–Crippen LogP) is 5.29. The lowest BCUT2D eigenvalue weighted by Crippen LogP contribution is -2.04. The standard InChI is InChI=1S/C17H18BrClO/c1-20-17-9-6-13(7-10-17)5-8-15(18)11-14-3-2-4-16(19)12-14/h2-4,6-7,9-10,12,15H,5,8,11H2,1H3. The largest absolute Gasteiger partial charge is 0.497 e. The van der Waals surface area contributed by atoms with Crippen molar-refractivity contribution < 1.29 is 4.74 Å². The summed E-state index contributed by atoms with van der Waals surface area (Å²) in [5.41, 5.74) is 2.61. The molecular weight excluding hydrogens is 336 g/mol. The van der Waals surface area contributed by atoms with E-state index in [1.165, 1.54) is 11.1 Å². The summed E-state index contributed by atoms with van der Waals surface area (Å²) in [7, 11) is 1.69. The molecule has 0 amide bonds. The highest BCUT2D eigenvalue weighted by Gasteiger charge is 2.06. The minimum atomic E-state index is 0.461. The third-order valence-corrected chi connectivity index (χ3v) is 4.27. The predicted molar refractivity (Wildman–Crippen MR) is 89.2 cm³/mol. The third-order valence-electron chi connectivity index (χ3n) is 3.25. The van der Waals surface area contributed by atoms with Crippen molar-refractivity contribution in [1.29, 1.82) is 0 Å². The molecule has 0 aliphatic rings. The number of aryl methyl sites for hydroxylation is 1. The second kappa shape index (κ2) is 7.70. The number of hydrogen-bond acceptors (Lipinski definition) is 1. The lowest BCUT2D eigenvalue weighted by molar-refractivity contribution is 0.414. The molecule has 1 nitrogen and oxygen atoms in total. The van der Waals surface area contributed by atoms with Crippen LogP contribution < -0.4 is 4.74 Å². The monoisotopic (exact) mass is 352 g/mol. The van der Waals surface area contributed by atoms with Crippen LogP contribution in [0.3, 0.4) is 0 Å². The van der Waals surface area contributed by atoms with Crippen molar-refractivity contribution in [1.82, 2.24) is 0 Å². The minimum Gasteiger partial charge on any atom is -0.497 e. The van der Waals surface area contributed by atoms with Crippen molar-refractivity contribution in [2.24, 2.45) is 0 Å². The van der Waals surface area contributed by atoms with E-state index < -0.39 is 0 Å². The van der Waals surface area contributed by atoms with E-state index in [1.807, 2.05) is 30.3 Å². The van der Waals surface area contributed by atoms with Gasteiger partial charge < -0.3 is 4.74 Å². The number of benzene rings is 2. The molecule has 20 heavy (non-hydrogen) atoms. The highest BCUT2D eigenvalue weighted by molar-refractivity contribution is 9.09. The Bertz CT molecular complexity index is 539. The van der Waals surface area contributed by atoms with Crippen LogP contribution >= 0.6 is 27.5 Å². The zero-order valence-electron chi connectivity index (χ0n) is 11.5. The first-order chi connectivity index (χ1) is 9.67. The maximum Gasteiger partial charge on any atom is 0.118 e. The van der Waals surface area contributed by atoms with Crippen LogP contribution in [0.4, 0.5) is 0 Å². The summed E-state index contributed by atoms with van der Waals surface area (Å²) >= 11 is 9.76. The fraction of sp³-hybridized carbons (Fsp3) is 0.294. The molecule has 2 aromatic carbocycles. The number of rotatable bonds is 6. The molecular formula is C17H18BrClO.